The van der Waals surface area contributed by atoms with E-state index in [4.69, 9.17) is 4.74 Å². The lowest BCUT2D eigenvalue weighted by atomic mass is 10.2. The number of nitrogens with one attached hydrogen (secondary N) is 1. The third-order valence-electron chi connectivity index (χ3n) is 4.37. The molecule has 2 fully saturated rings. The van der Waals surface area contributed by atoms with Crippen molar-refractivity contribution >= 4 is 40.0 Å². The van der Waals surface area contributed by atoms with E-state index in [1.807, 2.05) is 11.8 Å². The van der Waals surface area contributed by atoms with Crippen LogP contribution in [-0.2, 0) is 16.1 Å². The summed E-state index contributed by atoms with van der Waals surface area (Å²) >= 11 is 3.20. The van der Waals surface area contributed by atoms with E-state index in [1.54, 1.807) is 6.07 Å². The Morgan fingerprint density at radius 3 is 2.93 bits per heavy atom. The van der Waals surface area contributed by atoms with Gasteiger partial charge in [-0.25, -0.2) is 4.68 Å². The van der Waals surface area contributed by atoms with Crippen LogP contribution in [0.25, 0.3) is 0 Å². The van der Waals surface area contributed by atoms with Crippen molar-refractivity contribution in [2.45, 2.75) is 25.5 Å². The fourth-order valence-electron chi connectivity index (χ4n) is 2.99. The van der Waals surface area contributed by atoms with Crippen LogP contribution in [0.4, 0.5) is 10.9 Å². The average molecular weight is 409 g/mol. The SMILES string of the molecule is O=C(Cn1nc(N2CCSCC2)ccc1=O)Nc1nnc([C@@H]2CCCO2)s1. The van der Waals surface area contributed by atoms with Gasteiger partial charge in [0.2, 0.25) is 11.0 Å². The Balaban J connectivity index is 1.41. The lowest BCUT2D eigenvalue weighted by Gasteiger charge is -2.27. The molecule has 2 saturated heterocycles. The summed E-state index contributed by atoms with van der Waals surface area (Å²) in [7, 11) is 0. The minimum atomic E-state index is -0.356. The summed E-state index contributed by atoms with van der Waals surface area (Å²) < 4.78 is 6.76. The molecule has 11 heteroatoms. The summed E-state index contributed by atoms with van der Waals surface area (Å²) in [6, 6.07) is 3.17. The topological polar surface area (TPSA) is 102 Å². The zero-order valence-electron chi connectivity index (χ0n) is 14.7. The molecule has 27 heavy (non-hydrogen) atoms. The standard InChI is InChI=1S/C16H20N6O3S2/c23-13(17-16-19-18-15(27-16)11-2-1-7-25-11)10-22-14(24)4-3-12(20-22)21-5-8-26-9-6-21/h3-4,11H,1-2,5-10H2,(H,17,19,23)/t11-/m0/s1. The number of hydrogen-bond acceptors (Lipinski definition) is 9. The third-order valence-corrected chi connectivity index (χ3v) is 6.25. The highest BCUT2D eigenvalue weighted by Gasteiger charge is 2.22. The molecule has 2 aromatic rings. The molecule has 1 amide bonds. The number of anilines is 2. The average Bonchev–Trinajstić information content (AvgIpc) is 3.36. The molecule has 2 aliphatic rings. The van der Waals surface area contributed by atoms with Gasteiger partial charge in [0.15, 0.2) is 0 Å². The zero-order valence-corrected chi connectivity index (χ0v) is 16.3. The maximum Gasteiger partial charge on any atom is 0.267 e. The first-order valence-electron chi connectivity index (χ1n) is 8.85. The number of thioether (sulfide) groups is 1. The predicted octanol–water partition coefficient (Wildman–Crippen LogP) is 1.14. The zero-order chi connectivity index (χ0) is 18.6. The van der Waals surface area contributed by atoms with Crippen LogP contribution < -0.4 is 15.8 Å². The number of carbonyl (C=O) groups is 1. The quantitative estimate of drug-likeness (QED) is 0.786. The molecule has 144 valence electrons. The second-order valence-corrected chi connectivity index (χ2v) is 8.52. The molecule has 9 nitrogen and oxygen atoms in total. The van der Waals surface area contributed by atoms with Crippen LogP contribution in [0.5, 0.6) is 0 Å². The second kappa shape index (κ2) is 8.36. The van der Waals surface area contributed by atoms with Gasteiger partial charge in [-0.1, -0.05) is 11.3 Å². The van der Waals surface area contributed by atoms with Crippen molar-refractivity contribution in [3.05, 3.63) is 27.5 Å². The Morgan fingerprint density at radius 2 is 2.15 bits per heavy atom. The van der Waals surface area contributed by atoms with Crippen LogP contribution in [0.15, 0.2) is 16.9 Å². The van der Waals surface area contributed by atoms with Crippen LogP contribution >= 0.6 is 23.1 Å². The number of amides is 1. The Labute approximate surface area is 164 Å². The summed E-state index contributed by atoms with van der Waals surface area (Å²) in [5, 5.41) is 16.3. The van der Waals surface area contributed by atoms with E-state index in [9.17, 15) is 9.59 Å². The van der Waals surface area contributed by atoms with Gasteiger partial charge in [0.25, 0.3) is 5.56 Å². The molecule has 2 aromatic heterocycles. The molecular formula is C16H20N6O3S2. The Hall–Kier alpha value is -1.98. The first-order valence-corrected chi connectivity index (χ1v) is 10.8. The summed E-state index contributed by atoms with van der Waals surface area (Å²) in [5.74, 6) is 2.43. The minimum absolute atomic E-state index is 0.0307. The van der Waals surface area contributed by atoms with Crippen LogP contribution in [0, 0.1) is 0 Å². The van der Waals surface area contributed by atoms with E-state index in [2.05, 4.69) is 25.5 Å². The van der Waals surface area contributed by atoms with Gasteiger partial charge in [0, 0.05) is 37.3 Å². The molecule has 4 rings (SSSR count). The predicted molar refractivity (Wildman–Crippen MR) is 105 cm³/mol. The molecule has 0 unspecified atom stereocenters. The molecule has 0 aromatic carbocycles. The van der Waals surface area contributed by atoms with Gasteiger partial charge in [0.1, 0.15) is 23.5 Å². The molecule has 0 spiro atoms. The van der Waals surface area contributed by atoms with Crippen LogP contribution in [0.3, 0.4) is 0 Å². The van der Waals surface area contributed by atoms with E-state index in [1.165, 1.54) is 22.1 Å². The van der Waals surface area contributed by atoms with E-state index >= 15 is 0 Å². The summed E-state index contributed by atoms with van der Waals surface area (Å²) in [6.45, 7) is 2.34. The van der Waals surface area contributed by atoms with E-state index in [-0.39, 0.29) is 24.1 Å². The maximum absolute atomic E-state index is 12.3. The molecule has 0 radical (unpaired) electrons. The van der Waals surface area contributed by atoms with Crippen molar-refractivity contribution in [2.24, 2.45) is 0 Å². The fourth-order valence-corrected chi connectivity index (χ4v) is 4.74. The van der Waals surface area contributed by atoms with Crippen LogP contribution in [-0.4, -0.2) is 57.1 Å². The van der Waals surface area contributed by atoms with Crippen molar-refractivity contribution < 1.29 is 9.53 Å². The van der Waals surface area contributed by atoms with E-state index in [0.29, 0.717) is 5.13 Å². The normalized spacial score (nSPS) is 20.0. The highest BCUT2D eigenvalue weighted by Crippen LogP contribution is 2.31. The smallest absolute Gasteiger partial charge is 0.267 e. The summed E-state index contributed by atoms with van der Waals surface area (Å²) in [5.41, 5.74) is -0.308. The van der Waals surface area contributed by atoms with Gasteiger partial charge in [-0.3, -0.25) is 14.9 Å². The first kappa shape index (κ1) is 18.4. The number of nitrogens with zero attached hydrogens (tertiary/aromatic N) is 5. The lowest BCUT2D eigenvalue weighted by molar-refractivity contribution is -0.117. The number of hydrogen-bond donors (Lipinski definition) is 1. The van der Waals surface area contributed by atoms with Crippen molar-refractivity contribution in [3.63, 3.8) is 0 Å². The molecule has 1 N–H and O–H groups in total. The Morgan fingerprint density at radius 1 is 1.30 bits per heavy atom. The molecule has 0 aliphatic carbocycles. The fraction of sp³-hybridized carbons (Fsp3) is 0.562. The first-order chi connectivity index (χ1) is 13.2. The van der Waals surface area contributed by atoms with Gasteiger partial charge >= 0.3 is 0 Å². The van der Waals surface area contributed by atoms with Crippen LogP contribution in [0.2, 0.25) is 0 Å². The van der Waals surface area contributed by atoms with Gasteiger partial charge in [-0.05, 0) is 18.9 Å². The number of carbonyl (C=O) groups excluding carboxylic acids is 1. The molecule has 0 saturated carbocycles. The highest BCUT2D eigenvalue weighted by atomic mass is 32.2. The minimum Gasteiger partial charge on any atom is -0.371 e. The van der Waals surface area contributed by atoms with Gasteiger partial charge in [-0.15, -0.1) is 10.2 Å². The summed E-state index contributed by atoms with van der Waals surface area (Å²) in [6.07, 6.45) is 1.90. The van der Waals surface area contributed by atoms with Gasteiger partial charge in [-0.2, -0.15) is 16.9 Å². The van der Waals surface area contributed by atoms with Crippen LogP contribution in [0.1, 0.15) is 24.0 Å². The molecule has 0 bridgehead atoms. The third kappa shape index (κ3) is 4.47. The lowest BCUT2D eigenvalue weighted by Crippen LogP contribution is -2.36. The maximum atomic E-state index is 12.3. The van der Waals surface area contributed by atoms with Crippen molar-refractivity contribution in [3.8, 4) is 0 Å². The number of ether oxygens (including phenoxy) is 1. The largest absolute Gasteiger partial charge is 0.371 e. The van der Waals surface area contributed by atoms with Crippen molar-refractivity contribution in [1.29, 1.82) is 0 Å². The molecule has 2 aliphatic heterocycles. The van der Waals surface area contributed by atoms with Crippen molar-refractivity contribution in [1.82, 2.24) is 20.0 Å². The monoisotopic (exact) mass is 408 g/mol. The Kier molecular flexibility index (Phi) is 5.69. The number of aromatic nitrogens is 4. The van der Waals surface area contributed by atoms with Crippen molar-refractivity contribution in [2.75, 3.05) is 41.4 Å². The Bertz CT molecular complexity index is 858. The van der Waals surface area contributed by atoms with Gasteiger partial charge in [0.05, 0.1) is 0 Å². The number of rotatable bonds is 5. The highest BCUT2D eigenvalue weighted by molar-refractivity contribution is 7.99. The van der Waals surface area contributed by atoms with E-state index < -0.39 is 0 Å². The summed E-state index contributed by atoms with van der Waals surface area (Å²) in [4.78, 5) is 26.5. The molecule has 4 heterocycles. The second-order valence-electron chi connectivity index (χ2n) is 6.28. The molecule has 1 atom stereocenters. The van der Waals surface area contributed by atoms with E-state index in [0.717, 1.165) is 54.9 Å². The van der Waals surface area contributed by atoms with Gasteiger partial charge < -0.3 is 9.64 Å². The molecular weight excluding hydrogens is 388 g/mol.